The molecule has 0 spiro atoms. The molecule has 8 heteroatoms. The molecule has 7 nitrogen and oxygen atoms in total. The van der Waals surface area contributed by atoms with Gasteiger partial charge in [0.2, 0.25) is 0 Å². The predicted molar refractivity (Wildman–Crippen MR) is 108 cm³/mol. The van der Waals surface area contributed by atoms with E-state index in [9.17, 15) is 9.90 Å². The van der Waals surface area contributed by atoms with Crippen molar-refractivity contribution >= 4 is 17.5 Å². The van der Waals surface area contributed by atoms with Crippen LogP contribution in [0.25, 0.3) is 16.9 Å². The number of aromatic nitrogens is 4. The maximum atomic E-state index is 12.7. The summed E-state index contributed by atoms with van der Waals surface area (Å²) in [5.41, 5.74) is 2.58. The molecule has 0 fully saturated rings. The van der Waals surface area contributed by atoms with Crippen LogP contribution in [0.3, 0.4) is 0 Å². The number of halogens is 1. The number of carbonyl (C=O) groups is 1. The third kappa shape index (κ3) is 4.37. The van der Waals surface area contributed by atoms with Crippen LogP contribution in [0.2, 0.25) is 5.02 Å². The molecule has 0 aliphatic carbocycles. The lowest BCUT2D eigenvalue weighted by atomic mass is 10.0. The second-order valence-corrected chi connectivity index (χ2v) is 7.31. The molecule has 0 saturated heterocycles. The summed E-state index contributed by atoms with van der Waals surface area (Å²) in [6.07, 6.45) is 3.06. The Morgan fingerprint density at radius 3 is 2.64 bits per heavy atom. The standard InChI is InChI=1S/C20H22ClN5O2/c1-12(2)19-23-11-24-26(19)17-7-14(18-5-4-16(21)9-22-18)6-15(8-17)20(28)25-13(3)10-27/h4-9,11-13,27H,10H2,1-3H3,(H,25,28)/t13-/m0/s1. The van der Waals surface area contributed by atoms with E-state index < -0.39 is 0 Å². The lowest BCUT2D eigenvalue weighted by Gasteiger charge is -2.14. The zero-order chi connectivity index (χ0) is 20.3. The van der Waals surface area contributed by atoms with E-state index in [1.807, 2.05) is 19.9 Å². The van der Waals surface area contributed by atoms with E-state index in [2.05, 4.69) is 20.4 Å². The average molecular weight is 400 g/mol. The van der Waals surface area contributed by atoms with E-state index in [0.717, 1.165) is 11.4 Å². The molecule has 1 aromatic carbocycles. The fourth-order valence-electron chi connectivity index (χ4n) is 2.75. The third-order valence-electron chi connectivity index (χ3n) is 4.19. The van der Waals surface area contributed by atoms with Crippen molar-refractivity contribution in [2.75, 3.05) is 6.61 Å². The summed E-state index contributed by atoms with van der Waals surface area (Å²) in [6, 6.07) is 8.60. The monoisotopic (exact) mass is 399 g/mol. The number of nitrogens with one attached hydrogen (secondary N) is 1. The highest BCUT2D eigenvalue weighted by molar-refractivity contribution is 6.30. The number of carbonyl (C=O) groups excluding carboxylic acids is 1. The molecule has 3 aromatic rings. The van der Waals surface area contributed by atoms with Crippen LogP contribution in [0.4, 0.5) is 0 Å². The van der Waals surface area contributed by atoms with Crippen molar-refractivity contribution in [1.29, 1.82) is 0 Å². The summed E-state index contributed by atoms with van der Waals surface area (Å²) in [5, 5.41) is 16.9. The minimum atomic E-state index is -0.356. The summed E-state index contributed by atoms with van der Waals surface area (Å²) < 4.78 is 1.72. The van der Waals surface area contributed by atoms with Gasteiger partial charge in [0.1, 0.15) is 12.2 Å². The SMILES string of the molecule is CC(C)c1ncnn1-c1cc(C(=O)N[C@@H](C)CO)cc(-c2ccc(Cl)cn2)c1. The molecule has 1 amide bonds. The van der Waals surface area contributed by atoms with Crippen LogP contribution in [-0.2, 0) is 0 Å². The normalized spacial score (nSPS) is 12.2. The number of aliphatic hydroxyl groups is 1. The zero-order valence-electron chi connectivity index (χ0n) is 15.9. The maximum Gasteiger partial charge on any atom is 0.251 e. The van der Waals surface area contributed by atoms with Gasteiger partial charge in [-0.25, -0.2) is 9.67 Å². The fraction of sp³-hybridized carbons (Fsp3) is 0.300. The highest BCUT2D eigenvalue weighted by Gasteiger charge is 2.16. The lowest BCUT2D eigenvalue weighted by molar-refractivity contribution is 0.0922. The third-order valence-corrected chi connectivity index (χ3v) is 4.41. The van der Waals surface area contributed by atoms with Crippen LogP contribution in [-0.4, -0.2) is 43.4 Å². The number of hydrogen-bond donors (Lipinski definition) is 2. The van der Waals surface area contributed by atoms with Crippen molar-refractivity contribution in [3.8, 4) is 16.9 Å². The largest absolute Gasteiger partial charge is 0.394 e. The molecule has 2 aromatic heterocycles. The number of aliphatic hydroxyl groups excluding tert-OH is 1. The van der Waals surface area contributed by atoms with Crippen LogP contribution in [0, 0.1) is 0 Å². The van der Waals surface area contributed by atoms with E-state index in [0.29, 0.717) is 22.0 Å². The Balaban J connectivity index is 2.12. The van der Waals surface area contributed by atoms with Gasteiger partial charge in [0.05, 0.1) is 23.0 Å². The molecule has 0 aliphatic heterocycles. The molecule has 0 unspecified atom stereocenters. The van der Waals surface area contributed by atoms with E-state index in [-0.39, 0.29) is 24.5 Å². The molecule has 28 heavy (non-hydrogen) atoms. The second-order valence-electron chi connectivity index (χ2n) is 6.87. The molecule has 146 valence electrons. The number of hydrogen-bond acceptors (Lipinski definition) is 5. The van der Waals surface area contributed by atoms with E-state index in [1.165, 1.54) is 6.33 Å². The summed E-state index contributed by atoms with van der Waals surface area (Å²) in [7, 11) is 0. The Labute approximate surface area is 168 Å². The fourth-order valence-corrected chi connectivity index (χ4v) is 2.87. The van der Waals surface area contributed by atoms with Crippen LogP contribution >= 0.6 is 11.6 Å². The molecule has 1 atom stereocenters. The summed E-state index contributed by atoms with van der Waals surface area (Å²) in [5.74, 6) is 0.660. The van der Waals surface area contributed by atoms with E-state index >= 15 is 0 Å². The Morgan fingerprint density at radius 2 is 2.00 bits per heavy atom. The molecule has 3 rings (SSSR count). The molecule has 2 N–H and O–H groups in total. The Kier molecular flexibility index (Phi) is 6.06. The molecule has 0 bridgehead atoms. The van der Waals surface area contributed by atoms with Gasteiger partial charge in [-0.15, -0.1) is 0 Å². The highest BCUT2D eigenvalue weighted by Crippen LogP contribution is 2.25. The number of nitrogens with zero attached hydrogens (tertiary/aromatic N) is 4. The van der Waals surface area contributed by atoms with Crippen molar-refractivity contribution in [3.05, 3.63) is 59.3 Å². The first kappa shape index (κ1) is 20.0. The Morgan fingerprint density at radius 1 is 1.21 bits per heavy atom. The first-order valence-corrected chi connectivity index (χ1v) is 9.36. The smallest absolute Gasteiger partial charge is 0.251 e. The summed E-state index contributed by atoms with van der Waals surface area (Å²) >= 11 is 5.95. The van der Waals surface area contributed by atoms with Crippen molar-refractivity contribution in [3.63, 3.8) is 0 Å². The minimum Gasteiger partial charge on any atom is -0.394 e. The lowest BCUT2D eigenvalue weighted by Crippen LogP contribution is -2.35. The zero-order valence-corrected chi connectivity index (χ0v) is 16.7. The van der Waals surface area contributed by atoms with Gasteiger partial charge in [0, 0.05) is 29.3 Å². The average Bonchev–Trinajstić information content (AvgIpc) is 3.18. The highest BCUT2D eigenvalue weighted by atomic mass is 35.5. The van der Waals surface area contributed by atoms with Gasteiger partial charge in [0.15, 0.2) is 0 Å². The Bertz CT molecular complexity index is 969. The van der Waals surface area contributed by atoms with E-state index in [4.69, 9.17) is 11.6 Å². The number of pyridine rings is 1. The van der Waals surface area contributed by atoms with Crippen LogP contribution in [0.15, 0.2) is 42.9 Å². The Hall–Kier alpha value is -2.77. The van der Waals surface area contributed by atoms with Gasteiger partial charge in [-0.3, -0.25) is 9.78 Å². The van der Waals surface area contributed by atoms with Crippen molar-refractivity contribution in [2.45, 2.75) is 32.7 Å². The first-order valence-electron chi connectivity index (χ1n) is 8.98. The van der Waals surface area contributed by atoms with Gasteiger partial charge in [-0.05, 0) is 37.3 Å². The van der Waals surface area contributed by atoms with Crippen molar-refractivity contribution in [2.24, 2.45) is 0 Å². The van der Waals surface area contributed by atoms with E-state index in [1.54, 1.807) is 42.1 Å². The van der Waals surface area contributed by atoms with Crippen molar-refractivity contribution < 1.29 is 9.90 Å². The van der Waals surface area contributed by atoms with Gasteiger partial charge < -0.3 is 10.4 Å². The van der Waals surface area contributed by atoms with Gasteiger partial charge >= 0.3 is 0 Å². The van der Waals surface area contributed by atoms with Gasteiger partial charge in [-0.1, -0.05) is 25.4 Å². The topological polar surface area (TPSA) is 92.9 Å². The second kappa shape index (κ2) is 8.50. The molecule has 2 heterocycles. The number of amides is 1. The number of rotatable bonds is 6. The van der Waals surface area contributed by atoms with Gasteiger partial charge in [-0.2, -0.15) is 5.10 Å². The molecule has 0 radical (unpaired) electrons. The van der Waals surface area contributed by atoms with Crippen LogP contribution in [0.1, 0.15) is 42.9 Å². The molecule has 0 saturated carbocycles. The van der Waals surface area contributed by atoms with Crippen LogP contribution < -0.4 is 5.32 Å². The predicted octanol–water partition coefficient (Wildman–Crippen LogP) is 3.22. The maximum absolute atomic E-state index is 12.7. The summed E-state index contributed by atoms with van der Waals surface area (Å²) in [4.78, 5) is 21.4. The van der Waals surface area contributed by atoms with Crippen molar-refractivity contribution in [1.82, 2.24) is 25.1 Å². The first-order chi connectivity index (χ1) is 13.4. The summed E-state index contributed by atoms with van der Waals surface area (Å²) in [6.45, 7) is 5.65. The molecular formula is C20H22ClN5O2. The van der Waals surface area contributed by atoms with Gasteiger partial charge in [0.25, 0.3) is 5.91 Å². The number of benzene rings is 1. The molecule has 0 aliphatic rings. The quantitative estimate of drug-likeness (QED) is 0.663. The molecular weight excluding hydrogens is 378 g/mol. The minimum absolute atomic E-state index is 0.141. The van der Waals surface area contributed by atoms with Crippen LogP contribution in [0.5, 0.6) is 0 Å².